The molecule has 4 N–H and O–H groups in total. The Hall–Kier alpha value is -0.840. The zero-order valence-corrected chi connectivity index (χ0v) is 11.2. The number of nitrogens with two attached hydrogens (primary N) is 2. The summed E-state index contributed by atoms with van der Waals surface area (Å²) in [5.74, 6) is 0.474. The van der Waals surface area contributed by atoms with E-state index in [2.05, 4.69) is 23.7 Å². The van der Waals surface area contributed by atoms with Crippen LogP contribution < -0.4 is 11.5 Å². The molecule has 0 radical (unpaired) electrons. The lowest BCUT2D eigenvalue weighted by molar-refractivity contribution is 0.291. The lowest BCUT2D eigenvalue weighted by Gasteiger charge is -2.21. The maximum Gasteiger partial charge on any atom is 0.128 e. The van der Waals surface area contributed by atoms with Crippen LogP contribution in [0.5, 0.6) is 0 Å². The molecular weight excluding hydrogens is 236 g/mol. The van der Waals surface area contributed by atoms with Gasteiger partial charge in [0, 0.05) is 17.8 Å². The first kappa shape index (κ1) is 14.2. The zero-order valence-electron chi connectivity index (χ0n) is 10.5. The van der Waals surface area contributed by atoms with Crippen LogP contribution >= 0.6 is 11.6 Å². The van der Waals surface area contributed by atoms with Gasteiger partial charge in [-0.15, -0.1) is 0 Å². The minimum Gasteiger partial charge on any atom is -0.383 e. The smallest absolute Gasteiger partial charge is 0.128 e. The Morgan fingerprint density at radius 1 is 1.41 bits per heavy atom. The summed E-state index contributed by atoms with van der Waals surface area (Å²) in [6.07, 6.45) is 2.39. The molecule has 0 aliphatic heterocycles. The second kappa shape index (κ2) is 6.79. The number of hydrogen-bond acceptors (Lipinski definition) is 4. The van der Waals surface area contributed by atoms with Gasteiger partial charge in [-0.1, -0.05) is 25.4 Å². The standard InChI is InChI=1S/C12H21ClN4/c1-3-17(4-2)6-5-11(14)10-7-9(13)8-16-12(10)15/h7-8,11H,3-6,14H2,1-2H3,(H2,15,16). The first-order valence-corrected chi connectivity index (χ1v) is 6.35. The molecule has 1 atom stereocenters. The van der Waals surface area contributed by atoms with E-state index in [1.165, 1.54) is 6.20 Å². The first-order chi connectivity index (χ1) is 8.08. The Labute approximate surface area is 108 Å². The van der Waals surface area contributed by atoms with Gasteiger partial charge < -0.3 is 16.4 Å². The van der Waals surface area contributed by atoms with Gasteiger partial charge in [0.15, 0.2) is 0 Å². The summed E-state index contributed by atoms with van der Waals surface area (Å²) in [6, 6.07) is 1.69. The van der Waals surface area contributed by atoms with Crippen LogP contribution in [0.3, 0.4) is 0 Å². The van der Waals surface area contributed by atoms with Crippen LogP contribution in [0.25, 0.3) is 0 Å². The molecule has 0 bridgehead atoms. The summed E-state index contributed by atoms with van der Waals surface area (Å²) in [5.41, 5.74) is 12.8. The van der Waals surface area contributed by atoms with Gasteiger partial charge in [-0.25, -0.2) is 4.98 Å². The van der Waals surface area contributed by atoms with Gasteiger partial charge >= 0.3 is 0 Å². The summed E-state index contributed by atoms with van der Waals surface area (Å²) < 4.78 is 0. The van der Waals surface area contributed by atoms with Crippen molar-refractivity contribution in [2.75, 3.05) is 25.4 Å². The number of nitrogens with zero attached hydrogens (tertiary/aromatic N) is 2. The van der Waals surface area contributed by atoms with Crippen molar-refractivity contribution >= 4 is 17.4 Å². The second-order valence-electron chi connectivity index (χ2n) is 4.05. The Balaban J connectivity index is 2.63. The average Bonchev–Trinajstić information content (AvgIpc) is 2.33. The highest BCUT2D eigenvalue weighted by Gasteiger charge is 2.12. The second-order valence-corrected chi connectivity index (χ2v) is 4.49. The van der Waals surface area contributed by atoms with E-state index in [0.717, 1.165) is 31.6 Å². The molecule has 1 aromatic heterocycles. The van der Waals surface area contributed by atoms with Crippen LogP contribution in [0.1, 0.15) is 31.9 Å². The van der Waals surface area contributed by atoms with E-state index in [1.807, 2.05) is 0 Å². The molecule has 0 amide bonds. The van der Waals surface area contributed by atoms with Gasteiger partial charge in [0.25, 0.3) is 0 Å². The van der Waals surface area contributed by atoms with E-state index in [9.17, 15) is 0 Å². The Kier molecular flexibility index (Phi) is 5.68. The molecular formula is C12H21ClN4. The summed E-state index contributed by atoms with van der Waals surface area (Å²) in [4.78, 5) is 6.35. The van der Waals surface area contributed by atoms with Crippen molar-refractivity contribution in [3.8, 4) is 0 Å². The van der Waals surface area contributed by atoms with Gasteiger partial charge in [-0.05, 0) is 32.1 Å². The third-order valence-corrected chi connectivity index (χ3v) is 3.17. The lowest BCUT2D eigenvalue weighted by Crippen LogP contribution is -2.27. The number of hydrogen-bond donors (Lipinski definition) is 2. The van der Waals surface area contributed by atoms with Gasteiger partial charge in [-0.3, -0.25) is 0 Å². The van der Waals surface area contributed by atoms with Crippen molar-refractivity contribution < 1.29 is 0 Å². The van der Waals surface area contributed by atoms with Crippen LogP contribution in [0.2, 0.25) is 5.02 Å². The molecule has 0 aliphatic carbocycles. The van der Waals surface area contributed by atoms with Crippen molar-refractivity contribution in [1.29, 1.82) is 0 Å². The van der Waals surface area contributed by atoms with E-state index in [4.69, 9.17) is 23.1 Å². The molecule has 1 heterocycles. The molecule has 4 nitrogen and oxygen atoms in total. The Morgan fingerprint density at radius 2 is 2.06 bits per heavy atom. The number of anilines is 1. The molecule has 0 aromatic carbocycles. The predicted molar refractivity (Wildman–Crippen MR) is 73.0 cm³/mol. The fourth-order valence-corrected chi connectivity index (χ4v) is 1.95. The lowest BCUT2D eigenvalue weighted by atomic mass is 10.1. The molecule has 1 rings (SSSR count). The zero-order chi connectivity index (χ0) is 12.8. The van der Waals surface area contributed by atoms with Crippen molar-refractivity contribution in [2.24, 2.45) is 5.73 Å². The largest absolute Gasteiger partial charge is 0.383 e. The normalized spacial score (nSPS) is 13.0. The van der Waals surface area contributed by atoms with Crippen LogP contribution in [0.15, 0.2) is 12.3 Å². The van der Waals surface area contributed by atoms with Gasteiger partial charge in [-0.2, -0.15) is 0 Å². The highest BCUT2D eigenvalue weighted by Crippen LogP contribution is 2.22. The highest BCUT2D eigenvalue weighted by molar-refractivity contribution is 6.30. The minimum atomic E-state index is -0.109. The maximum absolute atomic E-state index is 6.12. The molecule has 17 heavy (non-hydrogen) atoms. The molecule has 96 valence electrons. The van der Waals surface area contributed by atoms with Crippen molar-refractivity contribution in [2.45, 2.75) is 26.3 Å². The van der Waals surface area contributed by atoms with Crippen LogP contribution in [0.4, 0.5) is 5.82 Å². The maximum atomic E-state index is 6.12. The third kappa shape index (κ3) is 4.15. The number of pyridine rings is 1. The summed E-state index contributed by atoms with van der Waals surface area (Å²) in [5, 5.41) is 0.576. The predicted octanol–water partition coefficient (Wildman–Crippen LogP) is 2.05. The summed E-state index contributed by atoms with van der Waals surface area (Å²) in [7, 11) is 0. The SMILES string of the molecule is CCN(CC)CCC(N)c1cc(Cl)cnc1N. The molecule has 0 fully saturated rings. The molecule has 0 aliphatic rings. The molecule has 0 spiro atoms. The fourth-order valence-electron chi connectivity index (χ4n) is 1.78. The number of halogens is 1. The quantitative estimate of drug-likeness (QED) is 0.818. The van der Waals surface area contributed by atoms with Gasteiger partial charge in [0.2, 0.25) is 0 Å². The summed E-state index contributed by atoms with van der Waals surface area (Å²) in [6.45, 7) is 7.31. The van der Waals surface area contributed by atoms with E-state index >= 15 is 0 Å². The van der Waals surface area contributed by atoms with Gasteiger partial charge in [0.1, 0.15) is 5.82 Å². The van der Waals surface area contributed by atoms with E-state index in [0.29, 0.717) is 10.8 Å². The molecule has 0 saturated heterocycles. The third-order valence-electron chi connectivity index (χ3n) is 2.97. The monoisotopic (exact) mass is 256 g/mol. The first-order valence-electron chi connectivity index (χ1n) is 5.97. The topological polar surface area (TPSA) is 68.2 Å². The van der Waals surface area contributed by atoms with Gasteiger partial charge in [0.05, 0.1) is 5.02 Å². The molecule has 1 aromatic rings. The van der Waals surface area contributed by atoms with Crippen molar-refractivity contribution in [1.82, 2.24) is 9.88 Å². The van der Waals surface area contributed by atoms with Crippen LogP contribution in [-0.4, -0.2) is 29.5 Å². The number of nitrogen functional groups attached to an aromatic ring is 1. The van der Waals surface area contributed by atoms with E-state index in [1.54, 1.807) is 6.07 Å². The van der Waals surface area contributed by atoms with Crippen LogP contribution in [-0.2, 0) is 0 Å². The van der Waals surface area contributed by atoms with Crippen molar-refractivity contribution in [3.63, 3.8) is 0 Å². The van der Waals surface area contributed by atoms with Crippen molar-refractivity contribution in [3.05, 3.63) is 22.8 Å². The number of aromatic nitrogens is 1. The van der Waals surface area contributed by atoms with E-state index < -0.39 is 0 Å². The minimum absolute atomic E-state index is 0.109. The summed E-state index contributed by atoms with van der Waals surface area (Å²) >= 11 is 5.89. The van der Waals surface area contributed by atoms with Crippen LogP contribution in [0, 0.1) is 0 Å². The Bertz CT molecular complexity index is 352. The van der Waals surface area contributed by atoms with E-state index in [-0.39, 0.29) is 6.04 Å². The molecule has 0 saturated carbocycles. The molecule has 5 heteroatoms. The highest BCUT2D eigenvalue weighted by atomic mass is 35.5. The average molecular weight is 257 g/mol. The molecule has 1 unspecified atom stereocenters. The Morgan fingerprint density at radius 3 is 2.65 bits per heavy atom. The fraction of sp³-hybridized carbons (Fsp3) is 0.583. The number of rotatable bonds is 6.